The molecule has 0 bridgehead atoms. The van der Waals surface area contributed by atoms with Gasteiger partial charge in [0, 0.05) is 6.42 Å². The maximum Gasteiger partial charge on any atom is 0.307 e. The number of hydrogen-bond acceptors (Lipinski definition) is 3. The molecule has 4 heteroatoms. The van der Waals surface area contributed by atoms with Gasteiger partial charge in [-0.2, -0.15) is 0 Å². The lowest BCUT2D eigenvalue weighted by Crippen LogP contribution is -2.24. The molecule has 102 valence electrons. The van der Waals surface area contributed by atoms with E-state index in [9.17, 15) is 4.79 Å². The van der Waals surface area contributed by atoms with E-state index >= 15 is 0 Å². The van der Waals surface area contributed by atoms with Crippen LogP contribution in [-0.4, -0.2) is 24.0 Å². The first-order valence-corrected chi connectivity index (χ1v) is 6.85. The molecule has 3 rings (SSSR count). The SMILES string of the molecule is O=C(O)[C@H]1C[C@@H]1c1ccc(O[C@@H]2CCCCO2)cc1. The van der Waals surface area contributed by atoms with Gasteiger partial charge in [0.05, 0.1) is 12.5 Å². The summed E-state index contributed by atoms with van der Waals surface area (Å²) in [7, 11) is 0. The van der Waals surface area contributed by atoms with Crippen molar-refractivity contribution in [1.29, 1.82) is 0 Å². The molecule has 0 radical (unpaired) electrons. The Labute approximate surface area is 112 Å². The summed E-state index contributed by atoms with van der Waals surface area (Å²) in [4.78, 5) is 10.8. The second-order valence-electron chi connectivity index (χ2n) is 5.27. The molecule has 3 atom stereocenters. The third-order valence-electron chi connectivity index (χ3n) is 3.82. The first-order chi connectivity index (χ1) is 9.24. The molecule has 1 saturated heterocycles. The maximum atomic E-state index is 10.8. The fourth-order valence-corrected chi connectivity index (χ4v) is 2.59. The van der Waals surface area contributed by atoms with Gasteiger partial charge in [0.25, 0.3) is 0 Å². The molecule has 19 heavy (non-hydrogen) atoms. The molecule has 1 N–H and O–H groups in total. The molecule has 1 aromatic carbocycles. The minimum absolute atomic E-state index is 0.132. The Morgan fingerprint density at radius 2 is 2.05 bits per heavy atom. The van der Waals surface area contributed by atoms with Crippen molar-refractivity contribution < 1.29 is 19.4 Å². The lowest BCUT2D eigenvalue weighted by Gasteiger charge is -2.23. The van der Waals surface area contributed by atoms with E-state index in [-0.39, 0.29) is 18.1 Å². The molecule has 2 aliphatic rings. The summed E-state index contributed by atoms with van der Waals surface area (Å²) in [6, 6.07) is 7.74. The van der Waals surface area contributed by atoms with Gasteiger partial charge in [-0.3, -0.25) is 4.79 Å². The summed E-state index contributed by atoms with van der Waals surface area (Å²) >= 11 is 0. The Kier molecular flexibility index (Phi) is 3.42. The predicted octanol–water partition coefficient (Wildman–Crippen LogP) is 2.78. The number of hydrogen-bond donors (Lipinski definition) is 1. The topological polar surface area (TPSA) is 55.8 Å². The summed E-state index contributed by atoms with van der Waals surface area (Å²) in [5.74, 6) is 0.0787. The van der Waals surface area contributed by atoms with Crippen molar-refractivity contribution in [3.63, 3.8) is 0 Å². The fraction of sp³-hybridized carbons (Fsp3) is 0.533. The van der Waals surface area contributed by atoms with Crippen LogP contribution in [0.1, 0.15) is 37.2 Å². The van der Waals surface area contributed by atoms with Gasteiger partial charge < -0.3 is 14.6 Å². The molecule has 1 saturated carbocycles. The molecular weight excluding hydrogens is 244 g/mol. The van der Waals surface area contributed by atoms with Crippen molar-refractivity contribution in [3.8, 4) is 5.75 Å². The highest BCUT2D eigenvalue weighted by Crippen LogP contribution is 2.47. The van der Waals surface area contributed by atoms with E-state index in [4.69, 9.17) is 14.6 Å². The number of aliphatic carboxylic acids is 1. The molecule has 1 aromatic rings. The summed E-state index contributed by atoms with van der Waals surface area (Å²) in [5, 5.41) is 8.91. The first-order valence-electron chi connectivity index (χ1n) is 6.85. The van der Waals surface area contributed by atoms with Gasteiger partial charge in [0.1, 0.15) is 5.75 Å². The van der Waals surface area contributed by atoms with Crippen LogP contribution in [0.3, 0.4) is 0 Å². The average molecular weight is 262 g/mol. The van der Waals surface area contributed by atoms with E-state index in [1.165, 1.54) is 0 Å². The van der Waals surface area contributed by atoms with Crippen molar-refractivity contribution >= 4 is 5.97 Å². The van der Waals surface area contributed by atoms with Crippen LogP contribution in [0, 0.1) is 5.92 Å². The lowest BCUT2D eigenvalue weighted by atomic mass is 10.1. The van der Waals surface area contributed by atoms with Crippen LogP contribution in [-0.2, 0) is 9.53 Å². The van der Waals surface area contributed by atoms with E-state index in [0.717, 1.165) is 43.6 Å². The molecular formula is C15H18O4. The average Bonchev–Trinajstić information content (AvgIpc) is 3.21. The normalized spacial score (nSPS) is 29.8. The second kappa shape index (κ2) is 5.21. The van der Waals surface area contributed by atoms with Gasteiger partial charge in [0.2, 0.25) is 0 Å². The molecule has 0 spiro atoms. The standard InChI is InChI=1S/C15H18O4/c16-15(17)13-9-12(13)10-4-6-11(7-5-10)19-14-3-1-2-8-18-14/h4-7,12-14H,1-3,8-9H2,(H,16,17)/t12-,13+,14-/m1/s1. The molecule has 0 amide bonds. The van der Waals surface area contributed by atoms with Gasteiger partial charge in [-0.25, -0.2) is 0 Å². The van der Waals surface area contributed by atoms with E-state index in [0.29, 0.717) is 0 Å². The Bertz CT molecular complexity index is 448. The number of benzene rings is 1. The highest BCUT2D eigenvalue weighted by Gasteiger charge is 2.44. The lowest BCUT2D eigenvalue weighted by molar-refractivity contribution is -0.138. The Morgan fingerprint density at radius 3 is 2.63 bits per heavy atom. The first kappa shape index (κ1) is 12.5. The van der Waals surface area contributed by atoms with Crippen LogP contribution in [0.2, 0.25) is 0 Å². The minimum atomic E-state index is -0.694. The number of carboxylic acids is 1. The summed E-state index contributed by atoms with van der Waals surface area (Å²) in [5.41, 5.74) is 1.09. The van der Waals surface area contributed by atoms with Gasteiger partial charge >= 0.3 is 5.97 Å². The summed E-state index contributed by atoms with van der Waals surface area (Å²) < 4.78 is 11.3. The Morgan fingerprint density at radius 1 is 1.26 bits per heavy atom. The van der Waals surface area contributed by atoms with Crippen molar-refractivity contribution in [3.05, 3.63) is 29.8 Å². The molecule has 4 nitrogen and oxygen atoms in total. The van der Waals surface area contributed by atoms with Crippen LogP contribution in [0.5, 0.6) is 5.75 Å². The van der Waals surface area contributed by atoms with Gasteiger partial charge in [-0.15, -0.1) is 0 Å². The highest BCUT2D eigenvalue weighted by atomic mass is 16.7. The number of carboxylic acid groups (broad SMARTS) is 1. The van der Waals surface area contributed by atoms with Crippen LogP contribution in [0.4, 0.5) is 0 Å². The zero-order valence-corrected chi connectivity index (χ0v) is 10.7. The van der Waals surface area contributed by atoms with Gasteiger partial charge in [-0.05, 0) is 42.9 Å². The van der Waals surface area contributed by atoms with Crippen molar-refractivity contribution in [2.75, 3.05) is 6.61 Å². The van der Waals surface area contributed by atoms with E-state index in [1.54, 1.807) is 0 Å². The fourth-order valence-electron chi connectivity index (χ4n) is 2.59. The third-order valence-corrected chi connectivity index (χ3v) is 3.82. The van der Waals surface area contributed by atoms with E-state index in [2.05, 4.69) is 0 Å². The Hall–Kier alpha value is -1.55. The summed E-state index contributed by atoms with van der Waals surface area (Å²) in [6.45, 7) is 0.769. The zero-order chi connectivity index (χ0) is 13.2. The van der Waals surface area contributed by atoms with Crippen molar-refractivity contribution in [2.24, 2.45) is 5.92 Å². The monoisotopic (exact) mass is 262 g/mol. The van der Waals surface area contributed by atoms with E-state index in [1.807, 2.05) is 24.3 Å². The summed E-state index contributed by atoms with van der Waals surface area (Å²) in [6.07, 6.45) is 3.81. The molecule has 1 heterocycles. The number of carbonyl (C=O) groups is 1. The number of ether oxygens (including phenoxy) is 2. The van der Waals surface area contributed by atoms with Crippen LogP contribution in [0.15, 0.2) is 24.3 Å². The molecule has 0 unspecified atom stereocenters. The van der Waals surface area contributed by atoms with Gasteiger partial charge in [-0.1, -0.05) is 12.1 Å². The molecule has 1 aliphatic carbocycles. The van der Waals surface area contributed by atoms with Crippen LogP contribution >= 0.6 is 0 Å². The number of rotatable bonds is 4. The van der Waals surface area contributed by atoms with Gasteiger partial charge in [0.15, 0.2) is 6.29 Å². The largest absolute Gasteiger partial charge is 0.481 e. The third kappa shape index (κ3) is 2.89. The molecule has 0 aromatic heterocycles. The smallest absolute Gasteiger partial charge is 0.307 e. The molecule has 2 fully saturated rings. The highest BCUT2D eigenvalue weighted by molar-refractivity contribution is 5.75. The zero-order valence-electron chi connectivity index (χ0n) is 10.7. The maximum absolute atomic E-state index is 10.8. The quantitative estimate of drug-likeness (QED) is 0.906. The van der Waals surface area contributed by atoms with Crippen LogP contribution < -0.4 is 4.74 Å². The predicted molar refractivity (Wildman–Crippen MR) is 69.1 cm³/mol. The van der Waals surface area contributed by atoms with Crippen LogP contribution in [0.25, 0.3) is 0 Å². The van der Waals surface area contributed by atoms with Crippen molar-refractivity contribution in [1.82, 2.24) is 0 Å². The second-order valence-corrected chi connectivity index (χ2v) is 5.27. The van der Waals surface area contributed by atoms with E-state index < -0.39 is 5.97 Å². The molecule has 1 aliphatic heterocycles. The Balaban J connectivity index is 1.58. The van der Waals surface area contributed by atoms with Crippen molar-refractivity contribution in [2.45, 2.75) is 37.9 Å². The minimum Gasteiger partial charge on any atom is -0.481 e.